The van der Waals surface area contributed by atoms with E-state index in [-0.39, 0.29) is 0 Å². The van der Waals surface area contributed by atoms with Crippen LogP contribution in [-0.2, 0) is 19.1 Å². The Morgan fingerprint density at radius 3 is 2.39 bits per heavy atom. The Labute approximate surface area is 109 Å². The number of hydrogen-bond acceptors (Lipinski definition) is 4. The van der Waals surface area contributed by atoms with Gasteiger partial charge in [0.1, 0.15) is 5.76 Å². The normalized spacial score (nSPS) is 11.5. The molecule has 0 rings (SSSR count). The Bertz CT molecular complexity index is 329. The monoisotopic (exact) mass is 254 g/mol. The molecular weight excluding hydrogens is 232 g/mol. The molecule has 0 aliphatic rings. The molecule has 4 heteroatoms. The van der Waals surface area contributed by atoms with Gasteiger partial charge in [0.25, 0.3) is 0 Å². The molecule has 0 aromatic rings. The second kappa shape index (κ2) is 9.45. The van der Waals surface area contributed by atoms with Crippen LogP contribution in [0.5, 0.6) is 0 Å². The van der Waals surface area contributed by atoms with Crippen LogP contribution in [0.3, 0.4) is 0 Å². The Morgan fingerprint density at radius 1 is 1.22 bits per heavy atom. The van der Waals surface area contributed by atoms with Crippen molar-refractivity contribution >= 4 is 11.9 Å². The molecule has 0 amide bonds. The Hall–Kier alpha value is -1.58. The molecule has 0 unspecified atom stereocenters. The Morgan fingerprint density at radius 2 is 1.89 bits per heavy atom. The van der Waals surface area contributed by atoms with Crippen LogP contribution >= 0.6 is 0 Å². The van der Waals surface area contributed by atoms with Crippen LogP contribution in [0.15, 0.2) is 24.0 Å². The van der Waals surface area contributed by atoms with Crippen molar-refractivity contribution in [2.45, 2.75) is 46.5 Å². The molecule has 0 fully saturated rings. The topological polar surface area (TPSA) is 52.6 Å². The first-order valence-corrected chi connectivity index (χ1v) is 6.27. The summed E-state index contributed by atoms with van der Waals surface area (Å²) < 4.78 is 10.1. The fourth-order valence-corrected chi connectivity index (χ4v) is 1.23. The lowest BCUT2D eigenvalue weighted by Gasteiger charge is -2.11. The van der Waals surface area contributed by atoms with Crippen molar-refractivity contribution in [3.63, 3.8) is 0 Å². The molecule has 18 heavy (non-hydrogen) atoms. The molecule has 0 aromatic carbocycles. The molecule has 0 saturated heterocycles. The van der Waals surface area contributed by atoms with Gasteiger partial charge in [-0.1, -0.05) is 26.8 Å². The second-order valence-electron chi connectivity index (χ2n) is 3.91. The van der Waals surface area contributed by atoms with E-state index >= 15 is 0 Å². The molecule has 0 spiro atoms. The smallest absolute Gasteiger partial charge is 0.337 e. The molecule has 0 bridgehead atoms. The SMILES string of the molecule is C=CC(=O)OC(CCCC)=C(C)C(=O)OCCC. The lowest BCUT2D eigenvalue weighted by atomic mass is 10.1. The van der Waals surface area contributed by atoms with Gasteiger partial charge in [-0.25, -0.2) is 9.59 Å². The Balaban J connectivity index is 4.80. The van der Waals surface area contributed by atoms with Crippen molar-refractivity contribution < 1.29 is 19.1 Å². The van der Waals surface area contributed by atoms with E-state index in [9.17, 15) is 9.59 Å². The average Bonchev–Trinajstić information content (AvgIpc) is 2.39. The lowest BCUT2D eigenvalue weighted by molar-refractivity contribution is -0.139. The molecule has 0 atom stereocenters. The van der Waals surface area contributed by atoms with Crippen LogP contribution in [0.25, 0.3) is 0 Å². The number of unbranched alkanes of at least 4 members (excludes halogenated alkanes) is 1. The largest absolute Gasteiger partial charge is 0.462 e. The quantitative estimate of drug-likeness (QED) is 0.379. The molecule has 4 nitrogen and oxygen atoms in total. The number of carbonyl (C=O) groups is 2. The van der Waals surface area contributed by atoms with Crippen LogP contribution in [-0.4, -0.2) is 18.5 Å². The summed E-state index contributed by atoms with van der Waals surface area (Å²) in [6, 6.07) is 0. The van der Waals surface area contributed by atoms with Gasteiger partial charge in [0.15, 0.2) is 0 Å². The summed E-state index contributed by atoms with van der Waals surface area (Å²) in [6.07, 6.45) is 4.18. The van der Waals surface area contributed by atoms with Crippen molar-refractivity contribution in [1.29, 1.82) is 0 Å². The molecule has 0 N–H and O–H groups in total. The number of rotatable bonds is 8. The summed E-state index contributed by atoms with van der Waals surface area (Å²) in [5.41, 5.74) is 0.354. The van der Waals surface area contributed by atoms with Crippen LogP contribution in [0.2, 0.25) is 0 Å². The third-order valence-electron chi connectivity index (χ3n) is 2.31. The van der Waals surface area contributed by atoms with Crippen LogP contribution in [0, 0.1) is 0 Å². The van der Waals surface area contributed by atoms with E-state index < -0.39 is 11.9 Å². The minimum atomic E-state index is -0.552. The summed E-state index contributed by atoms with van der Waals surface area (Å²) in [4.78, 5) is 22.9. The highest BCUT2D eigenvalue weighted by Gasteiger charge is 2.15. The van der Waals surface area contributed by atoms with Gasteiger partial charge in [0, 0.05) is 12.5 Å². The predicted molar refractivity (Wildman–Crippen MR) is 69.8 cm³/mol. The van der Waals surface area contributed by atoms with Gasteiger partial charge in [-0.2, -0.15) is 0 Å². The van der Waals surface area contributed by atoms with Gasteiger partial charge >= 0.3 is 11.9 Å². The maximum atomic E-state index is 11.7. The van der Waals surface area contributed by atoms with Crippen molar-refractivity contribution in [2.24, 2.45) is 0 Å². The first kappa shape index (κ1) is 16.4. The molecular formula is C14H22O4. The van der Waals surface area contributed by atoms with Crippen LogP contribution in [0.4, 0.5) is 0 Å². The van der Waals surface area contributed by atoms with Crippen molar-refractivity contribution in [2.75, 3.05) is 6.61 Å². The minimum Gasteiger partial charge on any atom is -0.462 e. The maximum Gasteiger partial charge on any atom is 0.337 e. The molecule has 0 heterocycles. The number of esters is 2. The highest BCUT2D eigenvalue weighted by atomic mass is 16.5. The third-order valence-corrected chi connectivity index (χ3v) is 2.31. The van der Waals surface area contributed by atoms with Crippen LogP contribution < -0.4 is 0 Å². The van der Waals surface area contributed by atoms with E-state index in [1.54, 1.807) is 6.92 Å². The van der Waals surface area contributed by atoms with Gasteiger partial charge in [0.2, 0.25) is 0 Å². The van der Waals surface area contributed by atoms with E-state index in [1.807, 2.05) is 13.8 Å². The first-order chi connectivity index (χ1) is 8.56. The molecule has 102 valence electrons. The fraction of sp³-hybridized carbons (Fsp3) is 0.571. The van der Waals surface area contributed by atoms with Crippen molar-refractivity contribution in [3.05, 3.63) is 24.0 Å². The maximum absolute atomic E-state index is 11.7. The van der Waals surface area contributed by atoms with Gasteiger partial charge in [-0.15, -0.1) is 0 Å². The number of ether oxygens (including phenoxy) is 2. The molecule has 0 aliphatic carbocycles. The summed E-state index contributed by atoms with van der Waals surface area (Å²) in [6.45, 7) is 9.26. The summed E-state index contributed by atoms with van der Waals surface area (Å²) >= 11 is 0. The summed E-state index contributed by atoms with van der Waals surface area (Å²) in [5.74, 6) is -0.605. The summed E-state index contributed by atoms with van der Waals surface area (Å²) in [5, 5.41) is 0. The zero-order valence-electron chi connectivity index (χ0n) is 11.5. The van der Waals surface area contributed by atoms with Gasteiger partial charge < -0.3 is 9.47 Å². The first-order valence-electron chi connectivity index (χ1n) is 6.27. The zero-order valence-corrected chi connectivity index (χ0v) is 11.5. The van der Waals surface area contributed by atoms with E-state index in [0.717, 1.165) is 25.3 Å². The predicted octanol–water partition coefficient (Wildman–Crippen LogP) is 3.13. The van der Waals surface area contributed by atoms with E-state index in [2.05, 4.69) is 6.58 Å². The fourth-order valence-electron chi connectivity index (χ4n) is 1.23. The van der Waals surface area contributed by atoms with E-state index in [4.69, 9.17) is 9.47 Å². The van der Waals surface area contributed by atoms with E-state index in [0.29, 0.717) is 24.4 Å². The second-order valence-corrected chi connectivity index (χ2v) is 3.91. The molecule has 0 radical (unpaired) electrons. The lowest BCUT2D eigenvalue weighted by Crippen LogP contribution is -2.12. The minimum absolute atomic E-state index is 0.354. The number of hydrogen-bond donors (Lipinski definition) is 0. The number of carbonyl (C=O) groups excluding carboxylic acids is 2. The average molecular weight is 254 g/mol. The zero-order chi connectivity index (χ0) is 14.0. The molecule has 0 aromatic heterocycles. The highest BCUT2D eigenvalue weighted by Crippen LogP contribution is 2.16. The molecule has 0 saturated carbocycles. The van der Waals surface area contributed by atoms with Crippen molar-refractivity contribution in [1.82, 2.24) is 0 Å². The summed E-state index contributed by atoms with van der Waals surface area (Å²) in [7, 11) is 0. The standard InChI is InChI=1S/C14H22O4/c1-5-8-9-12(18-13(15)7-3)11(4)14(16)17-10-6-2/h7H,3,5-6,8-10H2,1-2,4H3. The van der Waals surface area contributed by atoms with Gasteiger partial charge in [-0.3, -0.25) is 0 Å². The van der Waals surface area contributed by atoms with E-state index in [1.165, 1.54) is 0 Å². The Kier molecular flexibility index (Phi) is 8.62. The van der Waals surface area contributed by atoms with Gasteiger partial charge in [0.05, 0.1) is 12.2 Å². The van der Waals surface area contributed by atoms with Crippen molar-refractivity contribution in [3.8, 4) is 0 Å². The van der Waals surface area contributed by atoms with Gasteiger partial charge in [-0.05, 0) is 19.8 Å². The number of allylic oxidation sites excluding steroid dienone is 1. The van der Waals surface area contributed by atoms with Crippen LogP contribution in [0.1, 0.15) is 46.5 Å². The third kappa shape index (κ3) is 6.23. The molecule has 0 aliphatic heterocycles. The highest BCUT2D eigenvalue weighted by molar-refractivity contribution is 5.89.